The van der Waals surface area contributed by atoms with Crippen molar-refractivity contribution in [2.24, 2.45) is 0 Å². The minimum Gasteiger partial charge on any atom is -0.494 e. The zero-order valence-electron chi connectivity index (χ0n) is 13.1. The lowest BCUT2D eigenvalue weighted by Crippen LogP contribution is -2.33. The molecular weight excluding hydrogens is 300 g/mol. The summed E-state index contributed by atoms with van der Waals surface area (Å²) in [4.78, 5) is 33.3. The number of amides is 2. The van der Waals surface area contributed by atoms with Gasteiger partial charge in [-0.3, -0.25) is 9.59 Å². The van der Waals surface area contributed by atoms with Crippen LogP contribution in [0.5, 0.6) is 5.75 Å². The fourth-order valence-electron chi connectivity index (χ4n) is 1.66. The van der Waals surface area contributed by atoms with Gasteiger partial charge in [-0.1, -0.05) is 13.3 Å². The van der Waals surface area contributed by atoms with Crippen molar-refractivity contribution in [3.05, 3.63) is 24.3 Å². The quantitative estimate of drug-likeness (QED) is 0.574. The fourth-order valence-corrected chi connectivity index (χ4v) is 1.66. The number of carbonyl (C=O) groups is 3. The summed E-state index contributed by atoms with van der Waals surface area (Å²) in [5, 5.41) is 13.4. The van der Waals surface area contributed by atoms with Gasteiger partial charge >= 0.3 is 12.0 Å². The van der Waals surface area contributed by atoms with Crippen LogP contribution in [-0.2, 0) is 9.59 Å². The molecule has 0 heterocycles. The van der Waals surface area contributed by atoms with Gasteiger partial charge in [0.1, 0.15) is 5.75 Å². The van der Waals surface area contributed by atoms with Gasteiger partial charge in [0.05, 0.1) is 19.6 Å². The molecule has 0 bridgehead atoms. The molecule has 0 aliphatic rings. The van der Waals surface area contributed by atoms with Crippen LogP contribution in [0.15, 0.2) is 24.3 Å². The molecule has 0 atom stereocenters. The molecule has 1 aromatic carbocycles. The van der Waals surface area contributed by atoms with E-state index < -0.39 is 12.0 Å². The second-order valence-corrected chi connectivity index (χ2v) is 4.97. The number of unbranched alkanes of at least 4 members (excludes halogenated alkanes) is 1. The van der Waals surface area contributed by atoms with Crippen LogP contribution in [0.1, 0.15) is 32.6 Å². The van der Waals surface area contributed by atoms with Crippen molar-refractivity contribution in [3.8, 4) is 5.75 Å². The maximum atomic E-state index is 11.6. The Balaban J connectivity index is 2.31. The van der Waals surface area contributed by atoms with Gasteiger partial charge in [-0.2, -0.15) is 0 Å². The van der Waals surface area contributed by atoms with Crippen molar-refractivity contribution >= 4 is 23.5 Å². The molecule has 7 nitrogen and oxygen atoms in total. The van der Waals surface area contributed by atoms with Crippen LogP contribution in [0.3, 0.4) is 0 Å². The Morgan fingerprint density at radius 1 is 1.13 bits per heavy atom. The van der Waals surface area contributed by atoms with E-state index in [4.69, 9.17) is 9.84 Å². The monoisotopic (exact) mass is 322 g/mol. The number of Topliss-reactive ketones (excluding diaryl/α,β-unsaturated/α-hetero) is 1. The predicted octanol–water partition coefficient (Wildman–Crippen LogP) is 2.42. The molecule has 1 rings (SSSR count). The topological polar surface area (TPSA) is 105 Å². The van der Waals surface area contributed by atoms with E-state index in [1.165, 1.54) is 0 Å². The number of rotatable bonds is 10. The van der Waals surface area contributed by atoms with Gasteiger partial charge in [0.15, 0.2) is 5.78 Å². The van der Waals surface area contributed by atoms with Gasteiger partial charge in [0.25, 0.3) is 0 Å². The maximum Gasteiger partial charge on any atom is 0.319 e. The van der Waals surface area contributed by atoms with Crippen LogP contribution in [0.2, 0.25) is 0 Å². The van der Waals surface area contributed by atoms with E-state index in [9.17, 15) is 14.4 Å². The first-order valence-corrected chi connectivity index (χ1v) is 7.52. The van der Waals surface area contributed by atoms with Gasteiger partial charge in [-0.15, -0.1) is 0 Å². The summed E-state index contributed by atoms with van der Waals surface area (Å²) < 4.78 is 5.51. The zero-order chi connectivity index (χ0) is 17.1. The molecule has 1 aromatic rings. The molecule has 2 amide bonds. The van der Waals surface area contributed by atoms with Crippen LogP contribution in [-0.4, -0.2) is 36.0 Å². The number of nitrogens with one attached hydrogen (secondary N) is 2. The summed E-state index contributed by atoms with van der Waals surface area (Å²) in [6, 6.07) is 6.39. The highest BCUT2D eigenvalue weighted by molar-refractivity contribution is 5.93. The Kier molecular flexibility index (Phi) is 8.20. The lowest BCUT2D eigenvalue weighted by molar-refractivity contribution is -0.138. The molecule has 7 heteroatoms. The van der Waals surface area contributed by atoms with Crippen molar-refractivity contribution in [1.82, 2.24) is 5.32 Å². The predicted molar refractivity (Wildman–Crippen MR) is 85.7 cm³/mol. The van der Waals surface area contributed by atoms with Crippen LogP contribution in [0.25, 0.3) is 0 Å². The number of hydrogen-bond acceptors (Lipinski definition) is 4. The van der Waals surface area contributed by atoms with Gasteiger partial charge in [0.2, 0.25) is 0 Å². The smallest absolute Gasteiger partial charge is 0.319 e. The highest BCUT2D eigenvalue weighted by Gasteiger charge is 2.08. The molecule has 0 aliphatic heterocycles. The SMILES string of the molecule is CCCCOc1ccc(NC(=O)NCC(=O)CCC(=O)O)cc1. The summed E-state index contributed by atoms with van der Waals surface area (Å²) in [6.45, 7) is 2.54. The first kappa shape index (κ1) is 18.5. The average molecular weight is 322 g/mol. The van der Waals surface area contributed by atoms with Crippen LogP contribution in [0, 0.1) is 0 Å². The minimum absolute atomic E-state index is 0.0978. The lowest BCUT2D eigenvalue weighted by Gasteiger charge is -2.09. The molecule has 23 heavy (non-hydrogen) atoms. The largest absolute Gasteiger partial charge is 0.494 e. The number of carboxylic acid groups (broad SMARTS) is 1. The summed E-state index contributed by atoms with van der Waals surface area (Å²) >= 11 is 0. The summed E-state index contributed by atoms with van der Waals surface area (Å²) in [7, 11) is 0. The lowest BCUT2D eigenvalue weighted by atomic mass is 10.2. The molecule has 0 aliphatic carbocycles. The average Bonchev–Trinajstić information content (AvgIpc) is 2.53. The van der Waals surface area contributed by atoms with Crippen molar-refractivity contribution in [1.29, 1.82) is 0 Å². The van der Waals surface area contributed by atoms with Crippen LogP contribution < -0.4 is 15.4 Å². The third kappa shape index (κ3) is 8.45. The van der Waals surface area contributed by atoms with Crippen molar-refractivity contribution in [2.45, 2.75) is 32.6 Å². The highest BCUT2D eigenvalue weighted by Crippen LogP contribution is 2.15. The first-order chi connectivity index (χ1) is 11.0. The summed E-state index contributed by atoms with van der Waals surface area (Å²) in [6.07, 6.45) is 1.71. The number of urea groups is 1. The highest BCUT2D eigenvalue weighted by atomic mass is 16.5. The van der Waals surface area contributed by atoms with Crippen molar-refractivity contribution in [3.63, 3.8) is 0 Å². The van der Waals surface area contributed by atoms with E-state index in [2.05, 4.69) is 17.6 Å². The molecule has 0 fully saturated rings. The number of anilines is 1. The van der Waals surface area contributed by atoms with Gasteiger partial charge in [-0.05, 0) is 30.7 Å². The number of aliphatic carboxylic acids is 1. The molecular formula is C16H22N2O5. The Hall–Kier alpha value is -2.57. The van der Waals surface area contributed by atoms with E-state index in [1.54, 1.807) is 24.3 Å². The van der Waals surface area contributed by atoms with Crippen LogP contribution >= 0.6 is 0 Å². The maximum absolute atomic E-state index is 11.6. The molecule has 0 unspecified atom stereocenters. The zero-order valence-corrected chi connectivity index (χ0v) is 13.1. The van der Waals surface area contributed by atoms with E-state index in [1.807, 2.05) is 0 Å². The molecule has 0 spiro atoms. The molecule has 126 valence electrons. The van der Waals surface area contributed by atoms with Crippen LogP contribution in [0.4, 0.5) is 10.5 Å². The van der Waals surface area contributed by atoms with Crippen molar-refractivity contribution in [2.75, 3.05) is 18.5 Å². The number of carboxylic acids is 1. The number of benzene rings is 1. The molecule has 0 radical (unpaired) electrons. The number of ketones is 1. The second-order valence-electron chi connectivity index (χ2n) is 4.97. The summed E-state index contributed by atoms with van der Waals surface area (Å²) in [5.41, 5.74) is 0.573. The fraction of sp³-hybridized carbons (Fsp3) is 0.438. The Labute approximate surface area is 135 Å². The third-order valence-corrected chi connectivity index (χ3v) is 2.94. The van der Waals surface area contributed by atoms with Gasteiger partial charge < -0.3 is 20.5 Å². The van der Waals surface area contributed by atoms with E-state index in [-0.39, 0.29) is 25.2 Å². The van der Waals surface area contributed by atoms with E-state index >= 15 is 0 Å². The second kappa shape index (κ2) is 10.2. The molecule has 0 saturated carbocycles. The first-order valence-electron chi connectivity index (χ1n) is 7.52. The standard InChI is InChI=1S/C16H22N2O5/c1-2-3-10-23-14-7-4-12(5-8-14)18-16(22)17-11-13(19)6-9-15(20)21/h4-5,7-8H,2-3,6,9-11H2,1H3,(H,20,21)(H2,17,18,22). The molecule has 3 N–H and O–H groups in total. The van der Waals surface area contributed by atoms with E-state index in [0.29, 0.717) is 12.3 Å². The number of hydrogen-bond donors (Lipinski definition) is 3. The Bertz CT molecular complexity index is 528. The molecule has 0 aromatic heterocycles. The van der Waals surface area contributed by atoms with Crippen molar-refractivity contribution < 1.29 is 24.2 Å². The van der Waals surface area contributed by atoms with E-state index in [0.717, 1.165) is 18.6 Å². The number of carbonyl (C=O) groups excluding carboxylic acids is 2. The normalized spacial score (nSPS) is 9.96. The van der Waals surface area contributed by atoms with Gasteiger partial charge in [-0.25, -0.2) is 4.79 Å². The molecule has 0 saturated heterocycles. The Morgan fingerprint density at radius 3 is 2.43 bits per heavy atom. The number of ether oxygens (including phenoxy) is 1. The minimum atomic E-state index is -1.04. The summed E-state index contributed by atoms with van der Waals surface area (Å²) in [5.74, 6) is -0.639. The third-order valence-electron chi connectivity index (χ3n) is 2.94. The van der Waals surface area contributed by atoms with Gasteiger partial charge in [0, 0.05) is 12.1 Å². The Morgan fingerprint density at radius 2 is 1.83 bits per heavy atom.